The Kier molecular flexibility index (Phi) is 3750. The molecule has 0 fully saturated rings. The molecule has 0 saturated carbocycles. The van der Waals surface area contributed by atoms with Gasteiger partial charge >= 0.3 is 0 Å². The molecule has 0 saturated heterocycles. The molecule has 0 amide bonds. The Hall–Kier alpha value is 3.72. The van der Waals surface area contributed by atoms with Crippen molar-refractivity contribution in [1.82, 2.24) is 19.9 Å². The Morgan fingerprint density at radius 2 is 0.260 bits per heavy atom. The summed E-state index contributed by atoms with van der Waals surface area (Å²) in [5, 5.41) is 0. The first-order valence-electron chi connectivity index (χ1n) is 6.77. The second-order valence-corrected chi connectivity index (χ2v) is 4.74. The van der Waals surface area contributed by atoms with Crippen LogP contribution in [-0.2, 0) is 450 Å². The summed E-state index contributed by atoms with van der Waals surface area (Å²) in [6, 6.07) is 0. The van der Waals surface area contributed by atoms with E-state index in [0.717, 1.165) is 0 Å². The Balaban J connectivity index is -0.00000000180. The van der Waals surface area contributed by atoms with E-state index in [9.17, 15) is 0 Å². The molecule has 0 radical (unpaired) electrons. The first-order chi connectivity index (χ1) is 12.0. The van der Waals surface area contributed by atoms with Crippen LogP contribution in [0.2, 0.25) is 0 Å². The van der Waals surface area contributed by atoms with Crippen LogP contribution in [0.3, 0.4) is 0 Å². The minimum absolute atomic E-state index is 0. The maximum absolute atomic E-state index is 8.58. The minimum Gasteiger partial charge on any atom is -2.00 e. The van der Waals surface area contributed by atoms with Crippen molar-refractivity contribution < 1.29 is 489 Å². The molecule has 0 spiro atoms. The molecular formula is C12H20Mo12N8O40Si-72. The molecule has 4 aromatic heterocycles. The van der Waals surface area contributed by atoms with E-state index in [-0.39, 0.29) is 450 Å². The third kappa shape index (κ3) is 732. The summed E-state index contributed by atoms with van der Waals surface area (Å²) in [5.41, 5.74) is 0. The van der Waals surface area contributed by atoms with Crippen molar-refractivity contribution in [2.75, 3.05) is 0 Å². The van der Waals surface area contributed by atoms with Gasteiger partial charge in [-0.1, -0.05) is 0 Å². The summed E-state index contributed by atoms with van der Waals surface area (Å²) < 4.78 is 0. The minimum atomic E-state index is -5.61. The van der Waals surface area contributed by atoms with E-state index in [1.165, 1.54) is 0 Å². The second kappa shape index (κ2) is 479. The Morgan fingerprint density at radius 1 is 0.192 bits per heavy atom. The van der Waals surface area contributed by atoms with Gasteiger partial charge < -0.3 is 225 Å². The van der Waals surface area contributed by atoms with E-state index in [4.69, 9.17) is 19.2 Å². The number of nitrogens with one attached hydrogen (secondary N) is 8. The predicted molar refractivity (Wildman–Crippen MR) is 99.9 cm³/mol. The van der Waals surface area contributed by atoms with Gasteiger partial charge in [-0.05, 0) is 0 Å². The van der Waals surface area contributed by atoms with Gasteiger partial charge in [0.25, 0.3) is 0 Å². The molecule has 0 bridgehead atoms. The topological polar surface area (TPSA) is 1240 Å². The van der Waals surface area contributed by atoms with E-state index in [0.29, 0.717) is 0 Å². The van der Waals surface area contributed by atoms with Crippen molar-refractivity contribution in [2.45, 2.75) is 0 Å². The van der Waals surface area contributed by atoms with Gasteiger partial charge in [0.2, 0.25) is 25.3 Å². The Morgan fingerprint density at radius 3 is 0.274 bits per heavy atom. The molecule has 0 aliphatic carbocycles. The molecule has 48 nitrogen and oxygen atoms in total. The Bertz CT molecular complexity index is 531. The molecule has 8 N–H and O–H groups in total. The van der Waals surface area contributed by atoms with Crippen LogP contribution in [0.5, 0.6) is 0 Å². The predicted octanol–water partition coefficient (Wildman–Crippen LogP) is -10.1. The summed E-state index contributed by atoms with van der Waals surface area (Å²) >= 11 is 0. The average Bonchev–Trinajstić information content (AvgIpc) is 3.46. The van der Waals surface area contributed by atoms with Crippen molar-refractivity contribution in [3.63, 3.8) is 0 Å². The summed E-state index contributed by atoms with van der Waals surface area (Å²) in [4.78, 5) is 56.8. The maximum atomic E-state index is 8.58. The van der Waals surface area contributed by atoms with Crippen LogP contribution in [-0.4, -0.2) is 29.0 Å². The molecule has 0 atom stereocenters. The van der Waals surface area contributed by atoms with Crippen molar-refractivity contribution in [2.24, 2.45) is 0 Å². The fourth-order valence-corrected chi connectivity index (χ4v) is 0.962. The summed E-state index contributed by atoms with van der Waals surface area (Å²) in [6.45, 7) is 0. The third-order valence-corrected chi connectivity index (χ3v) is 1.77. The zero-order chi connectivity index (χ0) is 18.6. The monoisotopic (exact) mass is 2120 g/mol. The second-order valence-electron chi connectivity index (χ2n) is 3.74. The molecule has 0 aliphatic heterocycles. The standard InChI is InChI=1S/4C3H4N2.12Mo.O4Si.36O/c4*1-2-5-3-4-1;;;;;;;;;;;;;1-5(2,3)4;;;;;;;;;;;;;;;;;;;;;;;;;;;;;;;;;;;;/h4*1-3H,(H,4,5);;;;;;;;;;;;;;;;;;;;;;;;;;;;;;;;;;;;;;;;;;;;;;;;;/q;;;;;;;;;;;;;;;;-4;36*-2/p+4. The van der Waals surface area contributed by atoms with Crippen LogP contribution < -0.4 is 39.1 Å². The van der Waals surface area contributed by atoms with E-state index in [1.807, 2.05) is 49.6 Å². The number of aromatic nitrogens is 8. The fourth-order valence-electron chi connectivity index (χ4n) is 0.962. The van der Waals surface area contributed by atoms with Gasteiger partial charge in [0.15, 0.2) is 0 Å². The van der Waals surface area contributed by atoms with Gasteiger partial charge in [-0.3, -0.25) is 39.9 Å². The van der Waals surface area contributed by atoms with Gasteiger partial charge in [0.05, 0.1) is 0 Å². The summed E-state index contributed by atoms with van der Waals surface area (Å²) in [7, 11) is -5.61. The van der Waals surface area contributed by atoms with E-state index < -0.39 is 9.05 Å². The van der Waals surface area contributed by atoms with Gasteiger partial charge in [-0.25, -0.2) is 0 Å². The van der Waals surface area contributed by atoms with Crippen LogP contribution in [0, 0.1) is 0 Å². The van der Waals surface area contributed by atoms with Crippen molar-refractivity contribution in [3.05, 3.63) is 74.9 Å². The van der Waals surface area contributed by atoms with Gasteiger partial charge in [-0.15, -0.1) is 0 Å². The van der Waals surface area contributed by atoms with Crippen LogP contribution in [0.4, 0.5) is 0 Å². The van der Waals surface area contributed by atoms with Crippen molar-refractivity contribution in [1.29, 1.82) is 0 Å². The van der Waals surface area contributed by atoms with Crippen LogP contribution in [0.15, 0.2) is 74.9 Å². The number of aromatic amines is 8. The summed E-state index contributed by atoms with van der Waals surface area (Å²) in [6.07, 6.45) is 21.6. The average molecular weight is 2100 g/mol. The quantitative estimate of drug-likeness (QED) is 0.125. The third-order valence-electron chi connectivity index (χ3n) is 1.77. The first kappa shape index (κ1) is 573. The van der Waals surface area contributed by atoms with Crippen LogP contribution >= 0.6 is 0 Å². The van der Waals surface area contributed by atoms with E-state index in [1.54, 1.807) is 25.3 Å². The smallest absolute Gasteiger partial charge is 0.239 e. The molecule has 61 heteroatoms. The van der Waals surface area contributed by atoms with E-state index >= 15 is 0 Å². The molecular weight excluding hydrogens is 2080 g/mol. The molecule has 0 unspecified atom stereocenters. The zero-order valence-electron chi connectivity index (χ0n) is 32.7. The number of hydrogen-bond donors (Lipinski definition) is 4. The fraction of sp³-hybridized carbons (Fsp3) is 0. The van der Waals surface area contributed by atoms with Gasteiger partial charge in [0.1, 0.15) is 49.6 Å². The number of rotatable bonds is 0. The number of imidazole rings is 4. The molecule has 496 valence electrons. The molecule has 4 rings (SSSR count). The molecule has 4 aromatic rings. The zero-order valence-corrected chi connectivity index (χ0v) is 57.7. The normalized spacial score (nSPS) is 3.01. The van der Waals surface area contributed by atoms with Crippen LogP contribution in [0.25, 0.3) is 0 Å². The summed E-state index contributed by atoms with van der Waals surface area (Å²) in [5.74, 6) is 0. The molecule has 0 aromatic carbocycles. The van der Waals surface area contributed by atoms with Crippen molar-refractivity contribution >= 4 is 9.05 Å². The van der Waals surface area contributed by atoms with Crippen molar-refractivity contribution in [3.8, 4) is 0 Å². The van der Waals surface area contributed by atoms with E-state index in [2.05, 4.69) is 39.9 Å². The molecule has 4 heterocycles. The number of H-pyrrole nitrogens is 8. The number of hydrogen-bond acceptors (Lipinski definition) is 4. The maximum Gasteiger partial charge on any atom is 0.239 e. The largest absolute Gasteiger partial charge is 2.00 e. The molecule has 0 aliphatic rings. The van der Waals surface area contributed by atoms with Gasteiger partial charge in [0, 0.05) is 253 Å². The van der Waals surface area contributed by atoms with Crippen LogP contribution in [0.1, 0.15) is 0 Å². The SMILES string of the molecule is [Mo].[Mo].[Mo].[Mo].[Mo].[Mo].[Mo].[Mo].[Mo].[Mo].[Mo].[Mo].[O-2].[O-2].[O-2].[O-2].[O-2].[O-2].[O-2].[O-2].[O-2].[O-2].[O-2].[O-2].[O-2].[O-2].[O-2].[O-2].[O-2].[O-2].[O-2].[O-2].[O-2].[O-2].[O-2].[O-2].[O-2].[O-2].[O-2].[O-2].[O-2].[O-2].[O-2].[O-2].[O-2].[O-2].[O-2].[O-2].[O-][Si]([O-])([O-])[O-].c1c[nH+]c[nH]1.c1c[nH+]c[nH]1.c1c[nH+]c[nH]1.c1c[nH+]c[nH]1. The van der Waals surface area contributed by atoms with Gasteiger partial charge in [-0.2, -0.15) is 0 Å². The first-order valence-corrected chi connectivity index (χ1v) is 8.40. The Labute approximate surface area is 585 Å². The molecule has 73 heavy (non-hydrogen) atoms.